The Balaban J connectivity index is 2.01. The molecule has 5 nitrogen and oxygen atoms in total. The summed E-state index contributed by atoms with van der Waals surface area (Å²) in [5.41, 5.74) is 2.07. The van der Waals surface area contributed by atoms with Gasteiger partial charge in [0.15, 0.2) is 0 Å². The van der Waals surface area contributed by atoms with Crippen molar-refractivity contribution in [2.24, 2.45) is 11.8 Å². The summed E-state index contributed by atoms with van der Waals surface area (Å²) in [6.45, 7) is 0.350. The molecule has 0 saturated heterocycles. The van der Waals surface area contributed by atoms with Crippen molar-refractivity contribution >= 4 is 5.82 Å². The standard InChI is InChI=1S/C11H15F3N4O/c12-11(13,14)10-16-8(18-15)6-9(17-10)19-5-4-7-2-1-3-7/h6-7H,1-5,15H2,(H,16,17,18). The van der Waals surface area contributed by atoms with Gasteiger partial charge < -0.3 is 10.2 Å². The zero-order chi connectivity index (χ0) is 13.9. The van der Waals surface area contributed by atoms with E-state index in [1.807, 2.05) is 0 Å². The van der Waals surface area contributed by atoms with Crippen LogP contribution in [0.5, 0.6) is 5.88 Å². The molecule has 1 saturated carbocycles. The number of anilines is 1. The zero-order valence-corrected chi connectivity index (χ0v) is 10.2. The van der Waals surface area contributed by atoms with Crippen molar-refractivity contribution in [3.8, 4) is 5.88 Å². The molecule has 1 fully saturated rings. The Bertz CT molecular complexity index is 434. The van der Waals surface area contributed by atoms with Crippen LogP contribution in [0.25, 0.3) is 0 Å². The molecular weight excluding hydrogens is 261 g/mol. The number of ether oxygens (including phenoxy) is 1. The highest BCUT2D eigenvalue weighted by Gasteiger charge is 2.35. The van der Waals surface area contributed by atoms with Crippen LogP contribution in [0.2, 0.25) is 0 Å². The fourth-order valence-electron chi connectivity index (χ4n) is 1.81. The maximum absolute atomic E-state index is 12.5. The van der Waals surface area contributed by atoms with Gasteiger partial charge in [0.1, 0.15) is 5.82 Å². The maximum atomic E-state index is 12.5. The molecule has 0 aromatic carbocycles. The van der Waals surface area contributed by atoms with E-state index in [9.17, 15) is 13.2 Å². The third-order valence-corrected chi connectivity index (χ3v) is 3.10. The predicted molar refractivity (Wildman–Crippen MR) is 62.3 cm³/mol. The molecule has 1 aromatic rings. The van der Waals surface area contributed by atoms with Crippen molar-refractivity contribution in [3.63, 3.8) is 0 Å². The molecule has 8 heteroatoms. The molecule has 1 aromatic heterocycles. The number of alkyl halides is 3. The van der Waals surface area contributed by atoms with Crippen molar-refractivity contribution in [2.45, 2.75) is 31.9 Å². The topological polar surface area (TPSA) is 73.1 Å². The molecule has 106 valence electrons. The second kappa shape index (κ2) is 5.60. The average molecular weight is 276 g/mol. The molecule has 3 N–H and O–H groups in total. The number of halogens is 3. The number of hydrazine groups is 1. The number of nitrogens with one attached hydrogen (secondary N) is 1. The number of nitrogens with two attached hydrogens (primary N) is 1. The molecule has 19 heavy (non-hydrogen) atoms. The van der Waals surface area contributed by atoms with Gasteiger partial charge in [-0.1, -0.05) is 19.3 Å². The van der Waals surface area contributed by atoms with Crippen LogP contribution in [-0.4, -0.2) is 16.6 Å². The van der Waals surface area contributed by atoms with Gasteiger partial charge in [0, 0.05) is 6.07 Å². The van der Waals surface area contributed by atoms with Crippen LogP contribution in [0.15, 0.2) is 6.07 Å². The molecule has 0 bridgehead atoms. The third kappa shape index (κ3) is 3.69. The highest BCUT2D eigenvalue weighted by atomic mass is 19.4. The molecule has 1 heterocycles. The molecule has 0 atom stereocenters. The fraction of sp³-hybridized carbons (Fsp3) is 0.636. The summed E-state index contributed by atoms with van der Waals surface area (Å²) in [5, 5.41) is 0. The minimum atomic E-state index is -4.63. The molecule has 0 amide bonds. The van der Waals surface area contributed by atoms with Gasteiger partial charge in [-0.25, -0.2) is 10.8 Å². The third-order valence-electron chi connectivity index (χ3n) is 3.10. The van der Waals surface area contributed by atoms with Gasteiger partial charge in [0.25, 0.3) is 0 Å². The molecule has 0 aliphatic heterocycles. The largest absolute Gasteiger partial charge is 0.478 e. The number of nitrogen functional groups attached to an aromatic ring is 1. The molecule has 0 radical (unpaired) electrons. The van der Waals surface area contributed by atoms with E-state index >= 15 is 0 Å². The average Bonchev–Trinajstić information content (AvgIpc) is 2.31. The van der Waals surface area contributed by atoms with Crippen molar-refractivity contribution in [3.05, 3.63) is 11.9 Å². The van der Waals surface area contributed by atoms with Crippen molar-refractivity contribution in [1.82, 2.24) is 9.97 Å². The predicted octanol–water partition coefficient (Wildman–Crippen LogP) is 2.35. The van der Waals surface area contributed by atoms with Crippen LogP contribution >= 0.6 is 0 Å². The van der Waals surface area contributed by atoms with Gasteiger partial charge in [-0.15, -0.1) is 0 Å². The van der Waals surface area contributed by atoms with Crippen LogP contribution in [-0.2, 0) is 6.18 Å². The molecule has 0 spiro atoms. The van der Waals surface area contributed by atoms with Gasteiger partial charge in [0.05, 0.1) is 6.61 Å². The van der Waals surface area contributed by atoms with E-state index in [0.717, 1.165) is 19.3 Å². The van der Waals surface area contributed by atoms with Crippen molar-refractivity contribution in [2.75, 3.05) is 12.0 Å². The zero-order valence-electron chi connectivity index (χ0n) is 10.2. The van der Waals surface area contributed by atoms with E-state index in [4.69, 9.17) is 10.6 Å². The highest BCUT2D eigenvalue weighted by Crippen LogP contribution is 2.30. The van der Waals surface area contributed by atoms with Crippen LogP contribution in [0, 0.1) is 5.92 Å². The molecule has 0 unspecified atom stereocenters. The number of nitrogens with zero attached hydrogens (tertiary/aromatic N) is 2. The van der Waals surface area contributed by atoms with E-state index < -0.39 is 12.0 Å². The van der Waals surface area contributed by atoms with Gasteiger partial charge >= 0.3 is 6.18 Å². The van der Waals surface area contributed by atoms with Crippen LogP contribution in [0.3, 0.4) is 0 Å². The summed E-state index contributed by atoms with van der Waals surface area (Å²) in [7, 11) is 0. The summed E-state index contributed by atoms with van der Waals surface area (Å²) >= 11 is 0. The van der Waals surface area contributed by atoms with Gasteiger partial charge in [-0.3, -0.25) is 0 Å². The number of hydrogen-bond acceptors (Lipinski definition) is 5. The number of rotatable bonds is 5. The lowest BCUT2D eigenvalue weighted by atomic mass is 9.83. The van der Waals surface area contributed by atoms with Crippen molar-refractivity contribution < 1.29 is 17.9 Å². The first-order chi connectivity index (χ1) is 8.99. The summed E-state index contributed by atoms with van der Waals surface area (Å²) < 4.78 is 42.9. The lowest BCUT2D eigenvalue weighted by Crippen LogP contribution is -2.18. The second-order valence-corrected chi connectivity index (χ2v) is 4.49. The minimum Gasteiger partial charge on any atom is -0.478 e. The van der Waals surface area contributed by atoms with Crippen LogP contribution < -0.4 is 16.0 Å². The Morgan fingerprint density at radius 1 is 1.37 bits per heavy atom. The lowest BCUT2D eigenvalue weighted by molar-refractivity contribution is -0.145. The molecule has 1 aliphatic rings. The summed E-state index contributed by atoms with van der Waals surface area (Å²) in [6.07, 6.45) is -0.250. The van der Waals surface area contributed by atoms with E-state index in [-0.39, 0.29) is 11.7 Å². The second-order valence-electron chi connectivity index (χ2n) is 4.49. The van der Waals surface area contributed by atoms with Gasteiger partial charge in [-0.05, 0) is 12.3 Å². The SMILES string of the molecule is NNc1cc(OCCC2CCC2)nc(C(F)(F)F)n1. The lowest BCUT2D eigenvalue weighted by Gasteiger charge is -2.24. The normalized spacial score (nSPS) is 16.0. The Kier molecular flexibility index (Phi) is 4.08. The summed E-state index contributed by atoms with van der Waals surface area (Å²) in [4.78, 5) is 6.58. The number of aromatic nitrogens is 2. The summed E-state index contributed by atoms with van der Waals surface area (Å²) in [5.74, 6) is 4.19. The van der Waals surface area contributed by atoms with E-state index in [2.05, 4.69) is 15.4 Å². The Morgan fingerprint density at radius 2 is 2.11 bits per heavy atom. The molecular formula is C11H15F3N4O. The molecule has 2 rings (SSSR count). The fourth-order valence-corrected chi connectivity index (χ4v) is 1.81. The van der Waals surface area contributed by atoms with Gasteiger partial charge in [-0.2, -0.15) is 18.2 Å². The first-order valence-corrected chi connectivity index (χ1v) is 6.04. The Hall–Kier alpha value is -1.57. The monoisotopic (exact) mass is 276 g/mol. The Morgan fingerprint density at radius 3 is 2.63 bits per heavy atom. The minimum absolute atomic E-state index is 0.116. The first-order valence-electron chi connectivity index (χ1n) is 6.04. The number of hydrogen-bond donors (Lipinski definition) is 2. The van der Waals surface area contributed by atoms with Crippen LogP contribution in [0.1, 0.15) is 31.5 Å². The van der Waals surface area contributed by atoms with Gasteiger partial charge in [0.2, 0.25) is 11.7 Å². The summed E-state index contributed by atoms with van der Waals surface area (Å²) in [6, 6.07) is 1.25. The highest BCUT2D eigenvalue weighted by molar-refractivity contribution is 5.37. The van der Waals surface area contributed by atoms with E-state index in [1.165, 1.54) is 12.5 Å². The van der Waals surface area contributed by atoms with Crippen LogP contribution in [0.4, 0.5) is 19.0 Å². The van der Waals surface area contributed by atoms with Crippen molar-refractivity contribution in [1.29, 1.82) is 0 Å². The smallest absolute Gasteiger partial charge is 0.451 e. The Labute approximate surface area is 108 Å². The maximum Gasteiger partial charge on any atom is 0.451 e. The van der Waals surface area contributed by atoms with E-state index in [0.29, 0.717) is 12.5 Å². The molecule has 1 aliphatic carbocycles. The first kappa shape index (κ1) is 13.9. The van der Waals surface area contributed by atoms with E-state index in [1.54, 1.807) is 0 Å². The quantitative estimate of drug-likeness (QED) is 0.638.